The molecule has 5 heteroatoms. The summed E-state index contributed by atoms with van der Waals surface area (Å²) in [7, 11) is 0. The van der Waals surface area contributed by atoms with Gasteiger partial charge in [-0.25, -0.2) is 0 Å². The topological polar surface area (TPSA) is 65.5 Å². The van der Waals surface area contributed by atoms with Gasteiger partial charge in [-0.15, -0.1) is 0 Å². The third-order valence-electron chi connectivity index (χ3n) is 3.82. The Morgan fingerprint density at radius 3 is 2.19 bits per heavy atom. The van der Waals surface area contributed by atoms with E-state index in [1.807, 2.05) is 13.0 Å². The molecule has 0 saturated heterocycles. The lowest BCUT2D eigenvalue weighted by Gasteiger charge is -2.23. The molecule has 5 nitrogen and oxygen atoms in total. The fraction of sp³-hybridized carbons (Fsp3) is 0.562. The summed E-state index contributed by atoms with van der Waals surface area (Å²) >= 11 is 0. The number of carbonyl (C=O) groups excluding carboxylic acids is 2. The average molecular weight is 291 g/mol. The molecular weight excluding hydrogens is 270 g/mol. The van der Waals surface area contributed by atoms with Crippen LogP contribution in [0.3, 0.4) is 0 Å². The number of ether oxygens (including phenoxy) is 2. The van der Waals surface area contributed by atoms with E-state index < -0.39 is 17.4 Å². The Balaban J connectivity index is 2.36. The molecule has 0 saturated carbocycles. The molecule has 1 aliphatic rings. The lowest BCUT2D eigenvalue weighted by Crippen LogP contribution is -2.43. The zero-order valence-corrected chi connectivity index (χ0v) is 12.8. The SMILES string of the molecule is CCOC(=O)C1(C(=O)OCC)Cc2cnc(CC)cc2C1. The zero-order chi connectivity index (χ0) is 15.5. The van der Waals surface area contributed by atoms with Gasteiger partial charge in [0.1, 0.15) is 0 Å². The van der Waals surface area contributed by atoms with Crippen LogP contribution in [-0.4, -0.2) is 30.1 Å². The van der Waals surface area contributed by atoms with Crippen LogP contribution in [0.15, 0.2) is 12.3 Å². The summed E-state index contributed by atoms with van der Waals surface area (Å²) < 4.78 is 10.2. The number of rotatable bonds is 5. The minimum absolute atomic E-state index is 0.245. The summed E-state index contributed by atoms with van der Waals surface area (Å²) in [6, 6.07) is 1.97. The summed E-state index contributed by atoms with van der Waals surface area (Å²) in [5.41, 5.74) is 1.62. The summed E-state index contributed by atoms with van der Waals surface area (Å²) in [6.07, 6.45) is 3.21. The number of nitrogens with zero attached hydrogens (tertiary/aromatic N) is 1. The molecule has 0 aromatic carbocycles. The van der Waals surface area contributed by atoms with Crippen LogP contribution < -0.4 is 0 Å². The molecule has 1 aromatic rings. The Labute approximate surface area is 124 Å². The van der Waals surface area contributed by atoms with E-state index in [1.165, 1.54) is 0 Å². The number of hydrogen-bond acceptors (Lipinski definition) is 5. The van der Waals surface area contributed by atoms with Gasteiger partial charge in [0.2, 0.25) is 0 Å². The number of fused-ring (bicyclic) bond motifs is 1. The quantitative estimate of drug-likeness (QED) is 0.612. The van der Waals surface area contributed by atoms with E-state index in [4.69, 9.17) is 9.47 Å². The maximum Gasteiger partial charge on any atom is 0.324 e. The van der Waals surface area contributed by atoms with Crippen LogP contribution in [0.1, 0.15) is 37.6 Å². The van der Waals surface area contributed by atoms with Gasteiger partial charge in [-0.2, -0.15) is 0 Å². The van der Waals surface area contributed by atoms with E-state index in [2.05, 4.69) is 4.98 Å². The van der Waals surface area contributed by atoms with Crippen LogP contribution in [-0.2, 0) is 38.3 Å². The molecule has 0 spiro atoms. The number of hydrogen-bond donors (Lipinski definition) is 0. The molecule has 1 heterocycles. The van der Waals surface area contributed by atoms with Crippen LogP contribution in [0.5, 0.6) is 0 Å². The van der Waals surface area contributed by atoms with Crippen LogP contribution in [0, 0.1) is 5.41 Å². The minimum atomic E-state index is -1.25. The molecule has 1 aliphatic carbocycles. The molecule has 0 bridgehead atoms. The molecule has 0 amide bonds. The summed E-state index contributed by atoms with van der Waals surface area (Å²) in [6.45, 7) is 5.97. The lowest BCUT2D eigenvalue weighted by atomic mass is 9.84. The minimum Gasteiger partial charge on any atom is -0.465 e. The van der Waals surface area contributed by atoms with E-state index in [0.29, 0.717) is 12.8 Å². The number of pyridine rings is 1. The highest BCUT2D eigenvalue weighted by molar-refractivity contribution is 6.01. The molecule has 0 aliphatic heterocycles. The van der Waals surface area contributed by atoms with Crippen molar-refractivity contribution in [3.8, 4) is 0 Å². The molecule has 0 fully saturated rings. The van der Waals surface area contributed by atoms with Gasteiger partial charge in [0.05, 0.1) is 13.2 Å². The van der Waals surface area contributed by atoms with Crippen molar-refractivity contribution in [2.45, 2.75) is 40.0 Å². The van der Waals surface area contributed by atoms with Crippen LogP contribution in [0.25, 0.3) is 0 Å². The number of esters is 2. The van der Waals surface area contributed by atoms with Gasteiger partial charge in [0.25, 0.3) is 0 Å². The Hall–Kier alpha value is -1.91. The van der Waals surface area contributed by atoms with E-state index >= 15 is 0 Å². The second-order valence-corrected chi connectivity index (χ2v) is 5.17. The second kappa shape index (κ2) is 6.24. The summed E-state index contributed by atoms with van der Waals surface area (Å²) in [5, 5.41) is 0. The predicted molar refractivity (Wildman–Crippen MR) is 76.7 cm³/mol. The van der Waals surface area contributed by atoms with Crippen molar-refractivity contribution in [1.29, 1.82) is 0 Å². The highest BCUT2D eigenvalue weighted by Gasteiger charge is 2.53. The van der Waals surface area contributed by atoms with Crippen molar-refractivity contribution in [3.05, 3.63) is 29.1 Å². The maximum absolute atomic E-state index is 12.4. The highest BCUT2D eigenvalue weighted by Crippen LogP contribution is 2.39. The van der Waals surface area contributed by atoms with Crippen molar-refractivity contribution < 1.29 is 19.1 Å². The molecule has 2 rings (SSSR count). The molecule has 1 aromatic heterocycles. The number of carbonyl (C=O) groups is 2. The van der Waals surface area contributed by atoms with Gasteiger partial charge in [0, 0.05) is 18.3 Å². The van der Waals surface area contributed by atoms with Gasteiger partial charge in [-0.05, 0) is 43.9 Å². The predicted octanol–water partition coefficient (Wildman–Crippen LogP) is 1.86. The van der Waals surface area contributed by atoms with Crippen LogP contribution >= 0.6 is 0 Å². The standard InChI is InChI=1S/C16H21NO4/c1-4-13-7-11-8-16(14(18)20-5-2,15(19)21-6-3)9-12(11)10-17-13/h7,10H,4-6,8-9H2,1-3H3. The summed E-state index contributed by atoms with van der Waals surface area (Å²) in [5.74, 6) is -1.00. The Morgan fingerprint density at radius 1 is 1.10 bits per heavy atom. The monoisotopic (exact) mass is 291 g/mol. The maximum atomic E-state index is 12.4. The van der Waals surface area contributed by atoms with Crippen LogP contribution in [0.2, 0.25) is 0 Å². The zero-order valence-electron chi connectivity index (χ0n) is 12.8. The second-order valence-electron chi connectivity index (χ2n) is 5.17. The number of aromatic nitrogens is 1. The largest absolute Gasteiger partial charge is 0.465 e. The molecule has 0 N–H and O–H groups in total. The first kappa shape index (κ1) is 15.5. The first-order chi connectivity index (χ1) is 10.1. The molecule has 0 atom stereocenters. The molecule has 0 unspecified atom stereocenters. The number of aryl methyl sites for hydroxylation is 1. The highest BCUT2D eigenvalue weighted by atomic mass is 16.6. The first-order valence-corrected chi connectivity index (χ1v) is 7.38. The lowest BCUT2D eigenvalue weighted by molar-refractivity contribution is -0.171. The van der Waals surface area contributed by atoms with E-state index in [9.17, 15) is 9.59 Å². The van der Waals surface area contributed by atoms with Crippen molar-refractivity contribution in [2.24, 2.45) is 5.41 Å². The molecule has 114 valence electrons. The van der Waals surface area contributed by atoms with Crippen molar-refractivity contribution in [2.75, 3.05) is 13.2 Å². The van der Waals surface area contributed by atoms with Gasteiger partial charge >= 0.3 is 11.9 Å². The van der Waals surface area contributed by atoms with Gasteiger partial charge in [0.15, 0.2) is 5.41 Å². The van der Waals surface area contributed by atoms with Gasteiger partial charge < -0.3 is 9.47 Å². The van der Waals surface area contributed by atoms with Gasteiger partial charge in [-0.1, -0.05) is 6.92 Å². The van der Waals surface area contributed by atoms with Crippen molar-refractivity contribution in [3.63, 3.8) is 0 Å². The van der Waals surface area contributed by atoms with E-state index in [1.54, 1.807) is 20.0 Å². The first-order valence-electron chi connectivity index (χ1n) is 7.38. The molecule has 0 radical (unpaired) electrons. The normalized spacial score (nSPS) is 15.4. The third kappa shape index (κ3) is 2.77. The van der Waals surface area contributed by atoms with Gasteiger partial charge in [-0.3, -0.25) is 14.6 Å². The third-order valence-corrected chi connectivity index (χ3v) is 3.82. The molecule has 21 heavy (non-hydrogen) atoms. The summed E-state index contributed by atoms with van der Waals surface area (Å²) in [4.78, 5) is 29.1. The Morgan fingerprint density at radius 2 is 1.67 bits per heavy atom. The Kier molecular flexibility index (Phi) is 4.60. The van der Waals surface area contributed by atoms with Crippen molar-refractivity contribution >= 4 is 11.9 Å². The fourth-order valence-corrected chi connectivity index (χ4v) is 2.72. The molecular formula is C16H21NO4. The van der Waals surface area contributed by atoms with Crippen molar-refractivity contribution in [1.82, 2.24) is 4.98 Å². The van der Waals surface area contributed by atoms with E-state index in [0.717, 1.165) is 23.2 Å². The fourth-order valence-electron chi connectivity index (χ4n) is 2.72. The average Bonchev–Trinajstić information content (AvgIpc) is 2.87. The Bertz CT molecular complexity index is 535. The van der Waals surface area contributed by atoms with E-state index in [-0.39, 0.29) is 13.2 Å². The smallest absolute Gasteiger partial charge is 0.324 e. The van der Waals surface area contributed by atoms with Crippen LogP contribution in [0.4, 0.5) is 0 Å².